The third-order valence-corrected chi connectivity index (χ3v) is 3.95. The summed E-state index contributed by atoms with van der Waals surface area (Å²) in [6, 6.07) is 7.48. The summed E-state index contributed by atoms with van der Waals surface area (Å²) >= 11 is 1.11. The van der Waals surface area contributed by atoms with Gasteiger partial charge in [-0.25, -0.2) is 0 Å². The summed E-state index contributed by atoms with van der Waals surface area (Å²) in [4.78, 5) is 12.9. The zero-order valence-electron chi connectivity index (χ0n) is 12.1. The van der Waals surface area contributed by atoms with E-state index in [4.69, 9.17) is 0 Å². The monoisotopic (exact) mass is 314 g/mol. The number of aryl methyl sites for hydroxylation is 2. The molecule has 0 aliphatic heterocycles. The summed E-state index contributed by atoms with van der Waals surface area (Å²) in [6.07, 6.45) is 2.31. The van der Waals surface area contributed by atoms with Gasteiger partial charge in [0.2, 0.25) is 0 Å². The van der Waals surface area contributed by atoms with Gasteiger partial charge in [0, 0.05) is 18.3 Å². The fraction of sp³-hybridized carbons (Fsp3) is 0.214. The van der Waals surface area contributed by atoms with Gasteiger partial charge in [-0.15, -0.1) is 15.3 Å². The minimum atomic E-state index is -0.193. The van der Waals surface area contributed by atoms with Crippen LogP contribution in [0.3, 0.4) is 0 Å². The lowest BCUT2D eigenvalue weighted by molar-refractivity contribution is 0.102. The van der Waals surface area contributed by atoms with E-state index in [1.165, 1.54) is 0 Å². The standard InChI is InChI=1S/C14H14N6OS/c1-3-11-12(22-19-17-11)14(21)16-10-6-4-5-9(7-10)13-18-15-8-20(13)2/h4-8H,3H2,1-2H3,(H,16,21). The van der Waals surface area contributed by atoms with Gasteiger partial charge in [-0.1, -0.05) is 23.5 Å². The topological polar surface area (TPSA) is 85.6 Å². The Morgan fingerprint density at radius 2 is 2.23 bits per heavy atom. The number of benzene rings is 1. The van der Waals surface area contributed by atoms with Crippen LogP contribution in [0.15, 0.2) is 30.6 Å². The zero-order chi connectivity index (χ0) is 15.5. The van der Waals surface area contributed by atoms with E-state index in [-0.39, 0.29) is 5.91 Å². The molecule has 0 saturated carbocycles. The lowest BCUT2D eigenvalue weighted by Gasteiger charge is -2.06. The second kappa shape index (κ2) is 6.02. The van der Waals surface area contributed by atoms with E-state index in [1.807, 2.05) is 42.8 Å². The maximum Gasteiger partial charge on any atom is 0.269 e. The van der Waals surface area contributed by atoms with Crippen molar-refractivity contribution in [1.29, 1.82) is 0 Å². The first kappa shape index (κ1) is 14.3. The van der Waals surface area contributed by atoms with Crippen molar-refractivity contribution in [3.63, 3.8) is 0 Å². The summed E-state index contributed by atoms with van der Waals surface area (Å²) < 4.78 is 5.66. The largest absolute Gasteiger partial charge is 0.321 e. The molecule has 0 unspecified atom stereocenters. The molecule has 1 aromatic carbocycles. The van der Waals surface area contributed by atoms with Crippen molar-refractivity contribution in [2.45, 2.75) is 13.3 Å². The first-order valence-corrected chi connectivity index (χ1v) is 7.53. The molecule has 2 heterocycles. The number of carbonyl (C=O) groups excluding carboxylic acids is 1. The van der Waals surface area contributed by atoms with Crippen LogP contribution in [0.2, 0.25) is 0 Å². The summed E-state index contributed by atoms with van der Waals surface area (Å²) in [6.45, 7) is 1.95. The van der Waals surface area contributed by atoms with E-state index in [9.17, 15) is 4.79 Å². The molecule has 2 aromatic heterocycles. The van der Waals surface area contributed by atoms with E-state index in [0.717, 1.165) is 22.9 Å². The number of rotatable bonds is 4. The molecule has 0 fully saturated rings. The second-order valence-corrected chi connectivity index (χ2v) is 5.46. The minimum absolute atomic E-state index is 0.193. The van der Waals surface area contributed by atoms with Gasteiger partial charge < -0.3 is 9.88 Å². The zero-order valence-corrected chi connectivity index (χ0v) is 13.0. The van der Waals surface area contributed by atoms with Crippen molar-refractivity contribution < 1.29 is 4.79 Å². The van der Waals surface area contributed by atoms with Crippen LogP contribution in [-0.2, 0) is 13.5 Å². The molecular formula is C14H14N6OS. The van der Waals surface area contributed by atoms with Crippen molar-refractivity contribution in [3.05, 3.63) is 41.2 Å². The number of aromatic nitrogens is 5. The van der Waals surface area contributed by atoms with Crippen molar-refractivity contribution in [2.75, 3.05) is 5.32 Å². The van der Waals surface area contributed by atoms with Crippen LogP contribution in [-0.4, -0.2) is 30.3 Å². The SMILES string of the molecule is CCc1nnsc1C(=O)Nc1cccc(-c2nncn2C)c1. The van der Waals surface area contributed by atoms with E-state index in [2.05, 4.69) is 25.1 Å². The summed E-state index contributed by atoms with van der Waals surface area (Å²) in [5.74, 6) is 0.548. The molecule has 8 heteroatoms. The second-order valence-electron chi connectivity index (χ2n) is 4.70. The van der Waals surface area contributed by atoms with E-state index in [1.54, 1.807) is 6.33 Å². The average molecular weight is 314 g/mol. The average Bonchev–Trinajstić information content (AvgIpc) is 3.15. The smallest absolute Gasteiger partial charge is 0.269 e. The molecule has 112 valence electrons. The molecule has 7 nitrogen and oxygen atoms in total. The van der Waals surface area contributed by atoms with Crippen molar-refractivity contribution >= 4 is 23.1 Å². The van der Waals surface area contributed by atoms with Gasteiger partial charge in [0.1, 0.15) is 11.2 Å². The normalized spacial score (nSPS) is 10.6. The van der Waals surface area contributed by atoms with Gasteiger partial charge in [0.15, 0.2) is 5.82 Å². The van der Waals surface area contributed by atoms with Gasteiger partial charge in [-0.3, -0.25) is 4.79 Å². The lowest BCUT2D eigenvalue weighted by atomic mass is 10.2. The first-order chi connectivity index (χ1) is 10.7. The van der Waals surface area contributed by atoms with Crippen LogP contribution in [0.25, 0.3) is 11.4 Å². The summed E-state index contributed by atoms with van der Waals surface area (Å²) in [5, 5.41) is 14.8. The molecule has 3 rings (SSSR count). The fourth-order valence-electron chi connectivity index (χ4n) is 2.08. The van der Waals surface area contributed by atoms with Crippen molar-refractivity contribution in [3.8, 4) is 11.4 Å². The molecule has 0 radical (unpaired) electrons. The van der Waals surface area contributed by atoms with E-state index >= 15 is 0 Å². The maximum absolute atomic E-state index is 12.3. The molecule has 0 saturated heterocycles. The molecule has 0 atom stereocenters. The van der Waals surface area contributed by atoms with Crippen LogP contribution in [0.4, 0.5) is 5.69 Å². The summed E-state index contributed by atoms with van der Waals surface area (Å²) in [5.41, 5.74) is 2.30. The molecule has 0 spiro atoms. The molecule has 3 aromatic rings. The molecule has 0 bridgehead atoms. The van der Waals surface area contributed by atoms with Gasteiger partial charge in [0.05, 0.1) is 5.69 Å². The van der Waals surface area contributed by atoms with Crippen molar-refractivity contribution in [2.24, 2.45) is 7.05 Å². The maximum atomic E-state index is 12.3. The highest BCUT2D eigenvalue weighted by atomic mass is 32.1. The molecule has 1 N–H and O–H groups in total. The lowest BCUT2D eigenvalue weighted by Crippen LogP contribution is -2.12. The van der Waals surface area contributed by atoms with Crippen LogP contribution in [0, 0.1) is 0 Å². The predicted octanol–water partition coefficient (Wildman–Crippen LogP) is 2.15. The number of hydrogen-bond acceptors (Lipinski definition) is 6. The number of nitrogens with zero attached hydrogens (tertiary/aromatic N) is 5. The fourth-order valence-corrected chi connectivity index (χ4v) is 2.73. The van der Waals surface area contributed by atoms with Crippen LogP contribution < -0.4 is 5.32 Å². The third kappa shape index (κ3) is 2.73. The highest BCUT2D eigenvalue weighted by Crippen LogP contribution is 2.21. The number of carbonyl (C=O) groups is 1. The Balaban J connectivity index is 1.84. The van der Waals surface area contributed by atoms with Crippen LogP contribution in [0.1, 0.15) is 22.3 Å². The number of amides is 1. The van der Waals surface area contributed by atoms with E-state index < -0.39 is 0 Å². The summed E-state index contributed by atoms with van der Waals surface area (Å²) in [7, 11) is 1.87. The quantitative estimate of drug-likeness (QED) is 0.797. The number of hydrogen-bond donors (Lipinski definition) is 1. The third-order valence-electron chi connectivity index (χ3n) is 3.19. The molecule has 22 heavy (non-hydrogen) atoms. The van der Waals surface area contributed by atoms with Gasteiger partial charge >= 0.3 is 0 Å². The van der Waals surface area contributed by atoms with Crippen LogP contribution in [0.5, 0.6) is 0 Å². The Labute approximate surface area is 131 Å². The van der Waals surface area contributed by atoms with Gasteiger partial charge in [0.25, 0.3) is 5.91 Å². The Morgan fingerprint density at radius 1 is 1.36 bits per heavy atom. The highest BCUT2D eigenvalue weighted by molar-refractivity contribution is 7.08. The van der Waals surface area contributed by atoms with Gasteiger partial charge in [-0.2, -0.15) is 0 Å². The molecular weight excluding hydrogens is 300 g/mol. The number of nitrogens with one attached hydrogen (secondary N) is 1. The first-order valence-electron chi connectivity index (χ1n) is 6.76. The Hall–Kier alpha value is -2.61. The Bertz CT molecular complexity index is 809. The van der Waals surface area contributed by atoms with Crippen molar-refractivity contribution in [1.82, 2.24) is 24.4 Å². The molecule has 1 amide bonds. The van der Waals surface area contributed by atoms with Crippen LogP contribution >= 0.6 is 11.5 Å². The molecule has 0 aliphatic rings. The van der Waals surface area contributed by atoms with E-state index in [0.29, 0.717) is 22.7 Å². The van der Waals surface area contributed by atoms with Gasteiger partial charge in [-0.05, 0) is 30.1 Å². The Morgan fingerprint density at radius 3 is 2.95 bits per heavy atom. The Kier molecular flexibility index (Phi) is 3.92. The molecule has 0 aliphatic carbocycles. The number of anilines is 1. The minimum Gasteiger partial charge on any atom is -0.321 e. The predicted molar refractivity (Wildman–Crippen MR) is 83.7 cm³/mol. The highest BCUT2D eigenvalue weighted by Gasteiger charge is 2.15.